The first-order valence-electron chi connectivity index (χ1n) is 9.22. The average Bonchev–Trinajstić information content (AvgIpc) is 3.36. The van der Waals surface area contributed by atoms with Gasteiger partial charge < -0.3 is 19.5 Å². The Bertz CT molecular complexity index is 1110. The monoisotopic (exact) mass is 411 g/mol. The summed E-state index contributed by atoms with van der Waals surface area (Å²) in [6.07, 6.45) is -0.177. The maximum absolute atomic E-state index is 12.6. The molecule has 1 amide bonds. The van der Waals surface area contributed by atoms with Crippen molar-refractivity contribution < 1.29 is 19.0 Å². The summed E-state index contributed by atoms with van der Waals surface area (Å²) in [4.78, 5) is 12.6. The van der Waals surface area contributed by atoms with Gasteiger partial charge in [0.15, 0.2) is 17.2 Å². The Balaban J connectivity index is 1.32. The number of benzene rings is 2. The standard InChI is InChI=1S/C21H18ClN3O4/c1-12-2-4-14(7-16(12)22)23-21(26)17-8-15-10-27-20(9-25(15)24-17)13-3-5-18-19(6-13)29-11-28-18/h2-8,20H,9-11H2,1H3,(H,23,26)/t20-/m1/s1. The number of fused-ring (bicyclic) bond motifs is 2. The summed E-state index contributed by atoms with van der Waals surface area (Å²) >= 11 is 6.13. The highest BCUT2D eigenvalue weighted by atomic mass is 35.5. The van der Waals surface area contributed by atoms with Crippen molar-refractivity contribution in [3.63, 3.8) is 0 Å². The molecule has 0 saturated carbocycles. The Hall–Kier alpha value is -3.03. The number of halogens is 1. The number of amides is 1. The largest absolute Gasteiger partial charge is 0.454 e. The Morgan fingerprint density at radius 3 is 2.90 bits per heavy atom. The van der Waals surface area contributed by atoms with Crippen LogP contribution in [0.25, 0.3) is 0 Å². The molecule has 5 rings (SSSR count). The average molecular weight is 412 g/mol. The van der Waals surface area contributed by atoms with Gasteiger partial charge >= 0.3 is 0 Å². The van der Waals surface area contributed by atoms with Crippen LogP contribution < -0.4 is 14.8 Å². The Labute approximate surface area is 172 Å². The lowest BCUT2D eigenvalue weighted by Gasteiger charge is -2.24. The minimum Gasteiger partial charge on any atom is -0.454 e. The van der Waals surface area contributed by atoms with Crippen LogP contribution in [0, 0.1) is 6.92 Å². The van der Waals surface area contributed by atoms with Gasteiger partial charge in [0.05, 0.1) is 18.8 Å². The topological polar surface area (TPSA) is 74.6 Å². The van der Waals surface area contributed by atoms with E-state index in [2.05, 4.69) is 10.4 Å². The summed E-state index contributed by atoms with van der Waals surface area (Å²) in [5.41, 5.74) is 3.76. The molecule has 0 radical (unpaired) electrons. The van der Waals surface area contributed by atoms with E-state index in [4.69, 9.17) is 25.8 Å². The van der Waals surface area contributed by atoms with Crippen LogP contribution in [0.3, 0.4) is 0 Å². The second-order valence-corrected chi connectivity index (χ2v) is 7.44. The zero-order chi connectivity index (χ0) is 20.0. The van der Waals surface area contributed by atoms with Gasteiger partial charge in [-0.15, -0.1) is 0 Å². The Morgan fingerprint density at radius 1 is 1.17 bits per heavy atom. The normalized spacial score (nSPS) is 17.1. The van der Waals surface area contributed by atoms with Gasteiger partial charge in [-0.2, -0.15) is 5.10 Å². The summed E-state index contributed by atoms with van der Waals surface area (Å²) in [5, 5.41) is 7.91. The lowest BCUT2D eigenvalue weighted by Crippen LogP contribution is -2.22. The van der Waals surface area contributed by atoms with Crippen LogP contribution in [-0.2, 0) is 17.9 Å². The fourth-order valence-electron chi connectivity index (χ4n) is 3.42. The number of aryl methyl sites for hydroxylation is 1. The van der Waals surface area contributed by atoms with E-state index < -0.39 is 0 Å². The molecule has 148 valence electrons. The molecule has 7 nitrogen and oxygen atoms in total. The third kappa shape index (κ3) is 3.43. The van der Waals surface area contributed by atoms with Gasteiger partial charge in [-0.1, -0.05) is 23.7 Å². The summed E-state index contributed by atoms with van der Waals surface area (Å²) in [5.74, 6) is 1.17. The number of aromatic nitrogens is 2. The lowest BCUT2D eigenvalue weighted by molar-refractivity contribution is -0.00127. The van der Waals surface area contributed by atoms with Gasteiger partial charge in [-0.05, 0) is 48.4 Å². The van der Waals surface area contributed by atoms with Crippen molar-refractivity contribution in [2.75, 3.05) is 12.1 Å². The number of nitrogens with one attached hydrogen (secondary N) is 1. The van der Waals surface area contributed by atoms with Crippen molar-refractivity contribution in [2.45, 2.75) is 26.2 Å². The third-order valence-electron chi connectivity index (χ3n) is 5.07. The van der Waals surface area contributed by atoms with Crippen molar-refractivity contribution in [3.8, 4) is 11.5 Å². The van der Waals surface area contributed by atoms with Gasteiger partial charge in [0.25, 0.3) is 5.91 Å². The van der Waals surface area contributed by atoms with Crippen LogP contribution in [-0.4, -0.2) is 22.5 Å². The zero-order valence-electron chi connectivity index (χ0n) is 15.6. The molecule has 3 heterocycles. The molecule has 29 heavy (non-hydrogen) atoms. The molecular weight excluding hydrogens is 394 g/mol. The number of hydrogen-bond donors (Lipinski definition) is 1. The molecule has 0 aliphatic carbocycles. The van der Waals surface area contributed by atoms with Gasteiger partial charge in [-0.3, -0.25) is 9.48 Å². The van der Waals surface area contributed by atoms with Crippen molar-refractivity contribution in [2.24, 2.45) is 0 Å². The number of anilines is 1. The summed E-state index contributed by atoms with van der Waals surface area (Å²) in [6.45, 7) is 3.03. The second-order valence-electron chi connectivity index (χ2n) is 7.03. The fourth-order valence-corrected chi connectivity index (χ4v) is 3.60. The van der Waals surface area contributed by atoms with Gasteiger partial charge in [-0.25, -0.2) is 0 Å². The Kier molecular flexibility index (Phi) is 4.41. The van der Waals surface area contributed by atoms with Crippen LogP contribution in [0.15, 0.2) is 42.5 Å². The first-order valence-corrected chi connectivity index (χ1v) is 9.60. The molecule has 3 aromatic rings. The molecule has 0 spiro atoms. The predicted octanol–water partition coefficient (Wildman–Crippen LogP) is 4.10. The molecule has 1 atom stereocenters. The minimum atomic E-state index is -0.286. The van der Waals surface area contributed by atoms with E-state index in [1.807, 2.05) is 41.9 Å². The fraction of sp³-hybridized carbons (Fsp3) is 0.238. The predicted molar refractivity (Wildman–Crippen MR) is 106 cm³/mol. The lowest BCUT2D eigenvalue weighted by atomic mass is 10.1. The van der Waals surface area contributed by atoms with E-state index in [1.54, 1.807) is 12.1 Å². The molecule has 2 aliphatic rings. The molecule has 8 heteroatoms. The van der Waals surface area contributed by atoms with Gasteiger partial charge in [0.1, 0.15) is 6.10 Å². The quantitative estimate of drug-likeness (QED) is 0.702. The van der Waals surface area contributed by atoms with E-state index in [0.717, 1.165) is 22.6 Å². The van der Waals surface area contributed by atoms with E-state index in [1.165, 1.54) is 0 Å². The summed E-state index contributed by atoms with van der Waals surface area (Å²) < 4.78 is 18.6. The van der Waals surface area contributed by atoms with Crippen molar-refractivity contribution >= 4 is 23.2 Å². The molecule has 1 N–H and O–H groups in total. The first-order chi connectivity index (χ1) is 14.1. The van der Waals surface area contributed by atoms with Crippen molar-refractivity contribution in [1.29, 1.82) is 0 Å². The zero-order valence-corrected chi connectivity index (χ0v) is 16.4. The van der Waals surface area contributed by atoms with Crippen LogP contribution >= 0.6 is 11.6 Å². The maximum Gasteiger partial charge on any atom is 0.276 e. The Morgan fingerprint density at radius 2 is 2.03 bits per heavy atom. The molecule has 0 bridgehead atoms. The highest BCUT2D eigenvalue weighted by Crippen LogP contribution is 2.36. The number of nitrogens with zero attached hydrogens (tertiary/aromatic N) is 2. The van der Waals surface area contributed by atoms with Crippen LogP contribution in [0.2, 0.25) is 5.02 Å². The van der Waals surface area contributed by atoms with E-state index >= 15 is 0 Å². The van der Waals surface area contributed by atoms with Crippen molar-refractivity contribution in [3.05, 3.63) is 70.0 Å². The number of hydrogen-bond acceptors (Lipinski definition) is 5. The van der Waals surface area contributed by atoms with Crippen LogP contribution in [0.1, 0.15) is 33.4 Å². The van der Waals surface area contributed by atoms with E-state index in [-0.39, 0.29) is 18.8 Å². The number of ether oxygens (including phenoxy) is 3. The molecule has 2 aliphatic heterocycles. The molecule has 0 unspecified atom stereocenters. The molecular formula is C21H18ClN3O4. The summed E-state index contributed by atoms with van der Waals surface area (Å²) in [7, 11) is 0. The second kappa shape index (κ2) is 7.09. The van der Waals surface area contributed by atoms with E-state index in [0.29, 0.717) is 35.3 Å². The third-order valence-corrected chi connectivity index (χ3v) is 5.47. The molecule has 0 fully saturated rings. The molecule has 2 aromatic carbocycles. The number of carbonyl (C=O) groups excluding carboxylic acids is 1. The highest BCUT2D eigenvalue weighted by Gasteiger charge is 2.26. The smallest absolute Gasteiger partial charge is 0.276 e. The molecule has 0 saturated heterocycles. The van der Waals surface area contributed by atoms with E-state index in [9.17, 15) is 4.79 Å². The summed E-state index contributed by atoms with van der Waals surface area (Å²) in [6, 6.07) is 12.9. The van der Waals surface area contributed by atoms with Crippen LogP contribution in [0.4, 0.5) is 5.69 Å². The highest BCUT2D eigenvalue weighted by molar-refractivity contribution is 6.31. The number of carbonyl (C=O) groups is 1. The van der Waals surface area contributed by atoms with Crippen LogP contribution in [0.5, 0.6) is 11.5 Å². The SMILES string of the molecule is Cc1ccc(NC(=O)c2cc3n(n2)C[C@H](c2ccc4c(c2)OCO4)OC3)cc1Cl. The minimum absolute atomic E-state index is 0.177. The molecule has 1 aromatic heterocycles. The van der Waals surface area contributed by atoms with Gasteiger partial charge in [0.2, 0.25) is 6.79 Å². The van der Waals surface area contributed by atoms with Gasteiger partial charge in [0, 0.05) is 10.7 Å². The maximum atomic E-state index is 12.6. The number of rotatable bonds is 3. The first kappa shape index (κ1) is 18.0. The van der Waals surface area contributed by atoms with Crippen molar-refractivity contribution in [1.82, 2.24) is 9.78 Å².